The molecule has 0 amide bonds. The van der Waals surface area contributed by atoms with E-state index in [1.54, 1.807) is 31.4 Å². The molecule has 0 bridgehead atoms. The first-order chi connectivity index (χ1) is 7.22. The number of carbonyl (C=O) groups excluding carboxylic acids is 1. The van der Waals surface area contributed by atoms with Crippen LogP contribution in [0.2, 0.25) is 0 Å². The minimum absolute atomic E-state index is 0.425. The quantitative estimate of drug-likeness (QED) is 0.707. The molecule has 0 heterocycles. The van der Waals surface area contributed by atoms with Gasteiger partial charge in [0, 0.05) is 7.11 Å². The minimum atomic E-state index is -0.704. The second-order valence-corrected chi connectivity index (χ2v) is 2.92. The molecule has 1 aromatic rings. The fourth-order valence-corrected chi connectivity index (χ4v) is 1.28. The van der Waals surface area contributed by atoms with Gasteiger partial charge in [0.25, 0.3) is 0 Å². The average molecular weight is 210 g/mol. The van der Waals surface area contributed by atoms with Crippen molar-refractivity contribution in [1.29, 1.82) is 0 Å². The van der Waals surface area contributed by atoms with E-state index in [4.69, 9.17) is 9.47 Å². The number of hydrogen-bond acceptors (Lipinski definition) is 4. The van der Waals surface area contributed by atoms with Crippen molar-refractivity contribution >= 4 is 5.97 Å². The normalized spacial score (nSPS) is 11.9. The molecule has 1 aromatic carbocycles. The summed E-state index contributed by atoms with van der Waals surface area (Å²) in [6.07, 6.45) is -0.704. The van der Waals surface area contributed by atoms with E-state index in [9.17, 15) is 4.79 Å². The van der Waals surface area contributed by atoms with Gasteiger partial charge in [-0.1, -0.05) is 12.1 Å². The zero-order valence-corrected chi connectivity index (χ0v) is 9.02. The Morgan fingerprint density at radius 3 is 2.53 bits per heavy atom. The van der Waals surface area contributed by atoms with E-state index in [1.807, 2.05) is 0 Å². The van der Waals surface area contributed by atoms with Gasteiger partial charge in [-0.3, -0.25) is 0 Å². The molecule has 0 radical (unpaired) electrons. The first-order valence-corrected chi connectivity index (χ1v) is 4.47. The Balaban J connectivity index is 2.96. The molecule has 82 valence electrons. The molecule has 0 spiro atoms. The van der Waals surface area contributed by atoms with Crippen molar-refractivity contribution in [3.63, 3.8) is 0 Å². The Bertz CT molecular complexity index is 335. The summed E-state index contributed by atoms with van der Waals surface area (Å²) in [5.41, 5.74) is 0.712. The monoisotopic (exact) mass is 210 g/mol. The highest BCUT2D eigenvalue weighted by molar-refractivity contribution is 5.76. The van der Waals surface area contributed by atoms with Crippen molar-refractivity contribution in [2.45, 2.75) is 6.10 Å². The van der Waals surface area contributed by atoms with Crippen molar-refractivity contribution in [3.8, 4) is 5.75 Å². The summed E-state index contributed by atoms with van der Waals surface area (Å²) < 4.78 is 14.7. The van der Waals surface area contributed by atoms with Crippen LogP contribution in [0.1, 0.15) is 11.7 Å². The number of rotatable bonds is 4. The summed E-state index contributed by atoms with van der Waals surface area (Å²) in [4.78, 5) is 11.4. The molecule has 0 fully saturated rings. The largest absolute Gasteiger partial charge is 0.497 e. The standard InChI is InChI=1S/C11H14O4/c1-13-9-6-4-5-8(7-9)10(14-2)11(12)15-3/h4-7,10H,1-3H3/t10-/m0/s1. The van der Waals surface area contributed by atoms with Crippen LogP contribution in [0.4, 0.5) is 0 Å². The van der Waals surface area contributed by atoms with E-state index in [-0.39, 0.29) is 0 Å². The topological polar surface area (TPSA) is 44.8 Å². The van der Waals surface area contributed by atoms with E-state index in [0.717, 1.165) is 0 Å². The molecule has 0 aromatic heterocycles. The van der Waals surface area contributed by atoms with Gasteiger partial charge in [0.05, 0.1) is 14.2 Å². The molecule has 1 rings (SSSR count). The van der Waals surface area contributed by atoms with Crippen LogP contribution in [-0.4, -0.2) is 27.3 Å². The van der Waals surface area contributed by atoms with Crippen LogP contribution in [0.25, 0.3) is 0 Å². The molecule has 0 N–H and O–H groups in total. The number of benzene rings is 1. The second-order valence-electron chi connectivity index (χ2n) is 2.92. The molecule has 4 nitrogen and oxygen atoms in total. The molecule has 0 saturated carbocycles. The van der Waals surface area contributed by atoms with Gasteiger partial charge in [0.2, 0.25) is 0 Å². The fourth-order valence-electron chi connectivity index (χ4n) is 1.28. The first-order valence-electron chi connectivity index (χ1n) is 4.47. The fraction of sp³-hybridized carbons (Fsp3) is 0.364. The molecule has 0 aliphatic carbocycles. The average Bonchev–Trinajstić information content (AvgIpc) is 2.30. The van der Waals surface area contributed by atoms with E-state index in [0.29, 0.717) is 11.3 Å². The van der Waals surface area contributed by atoms with E-state index in [2.05, 4.69) is 4.74 Å². The molecule has 0 saturated heterocycles. The van der Waals surface area contributed by atoms with E-state index in [1.165, 1.54) is 14.2 Å². The number of methoxy groups -OCH3 is 3. The third-order valence-corrected chi connectivity index (χ3v) is 2.05. The molecule has 15 heavy (non-hydrogen) atoms. The zero-order chi connectivity index (χ0) is 11.3. The van der Waals surface area contributed by atoms with Crippen LogP contribution < -0.4 is 4.74 Å². The maximum absolute atomic E-state index is 11.4. The van der Waals surface area contributed by atoms with Crippen LogP contribution in [0.15, 0.2) is 24.3 Å². The Morgan fingerprint density at radius 1 is 1.27 bits per heavy atom. The number of hydrogen-bond donors (Lipinski definition) is 0. The number of esters is 1. The van der Waals surface area contributed by atoms with Crippen molar-refractivity contribution < 1.29 is 19.0 Å². The Morgan fingerprint density at radius 2 is 2.00 bits per heavy atom. The maximum atomic E-state index is 11.4. The van der Waals surface area contributed by atoms with Gasteiger partial charge in [-0.15, -0.1) is 0 Å². The van der Waals surface area contributed by atoms with Crippen LogP contribution >= 0.6 is 0 Å². The first kappa shape index (κ1) is 11.5. The maximum Gasteiger partial charge on any atom is 0.339 e. The summed E-state index contributed by atoms with van der Waals surface area (Å²) in [6.45, 7) is 0. The van der Waals surface area contributed by atoms with Gasteiger partial charge in [0.15, 0.2) is 6.10 Å². The molecule has 1 atom stereocenters. The third-order valence-electron chi connectivity index (χ3n) is 2.05. The molecule has 0 aliphatic heterocycles. The van der Waals surface area contributed by atoms with Gasteiger partial charge in [-0.2, -0.15) is 0 Å². The summed E-state index contributed by atoms with van der Waals surface area (Å²) in [7, 11) is 4.36. The van der Waals surface area contributed by atoms with Crippen molar-refractivity contribution in [2.24, 2.45) is 0 Å². The lowest BCUT2D eigenvalue weighted by atomic mass is 10.1. The SMILES string of the molecule is COC(=O)[C@@H](OC)c1cccc(OC)c1. The van der Waals surface area contributed by atoms with Crippen LogP contribution in [0.5, 0.6) is 5.75 Å². The summed E-state index contributed by atoms with van der Waals surface area (Å²) in [6, 6.07) is 7.12. The molecule has 4 heteroatoms. The lowest BCUT2D eigenvalue weighted by Gasteiger charge is -2.13. The molecular weight excluding hydrogens is 196 g/mol. The number of ether oxygens (including phenoxy) is 3. The summed E-state index contributed by atoms with van der Waals surface area (Å²) in [5, 5.41) is 0. The third kappa shape index (κ3) is 2.70. The van der Waals surface area contributed by atoms with Crippen molar-refractivity contribution in [3.05, 3.63) is 29.8 Å². The predicted molar refractivity (Wildman–Crippen MR) is 54.8 cm³/mol. The molecular formula is C11H14O4. The Hall–Kier alpha value is -1.55. The van der Waals surface area contributed by atoms with Crippen molar-refractivity contribution in [2.75, 3.05) is 21.3 Å². The highest BCUT2D eigenvalue weighted by atomic mass is 16.6. The van der Waals surface area contributed by atoms with Gasteiger partial charge < -0.3 is 14.2 Å². The van der Waals surface area contributed by atoms with Crippen molar-refractivity contribution in [1.82, 2.24) is 0 Å². The molecule has 0 unspecified atom stereocenters. The number of carbonyl (C=O) groups is 1. The van der Waals surface area contributed by atoms with Crippen LogP contribution in [-0.2, 0) is 14.3 Å². The van der Waals surface area contributed by atoms with Crippen LogP contribution in [0.3, 0.4) is 0 Å². The second kappa shape index (κ2) is 5.36. The van der Waals surface area contributed by atoms with Gasteiger partial charge in [0.1, 0.15) is 5.75 Å². The predicted octanol–water partition coefficient (Wildman–Crippen LogP) is 1.56. The van der Waals surface area contributed by atoms with E-state index < -0.39 is 12.1 Å². The highest BCUT2D eigenvalue weighted by Crippen LogP contribution is 2.22. The highest BCUT2D eigenvalue weighted by Gasteiger charge is 2.20. The zero-order valence-electron chi connectivity index (χ0n) is 9.02. The lowest BCUT2D eigenvalue weighted by molar-refractivity contribution is -0.152. The summed E-state index contributed by atoms with van der Waals surface area (Å²) >= 11 is 0. The van der Waals surface area contributed by atoms with Gasteiger partial charge in [-0.25, -0.2) is 4.79 Å². The molecule has 0 aliphatic rings. The smallest absolute Gasteiger partial charge is 0.339 e. The van der Waals surface area contributed by atoms with Gasteiger partial charge >= 0.3 is 5.97 Å². The summed E-state index contributed by atoms with van der Waals surface area (Å²) in [5.74, 6) is 0.254. The lowest BCUT2D eigenvalue weighted by Crippen LogP contribution is -2.15. The van der Waals surface area contributed by atoms with E-state index >= 15 is 0 Å². The Labute approximate surface area is 88.8 Å². The Kier molecular flexibility index (Phi) is 4.12. The minimum Gasteiger partial charge on any atom is -0.497 e. The van der Waals surface area contributed by atoms with Gasteiger partial charge in [-0.05, 0) is 17.7 Å². The van der Waals surface area contributed by atoms with Crippen LogP contribution in [0, 0.1) is 0 Å².